The molecule has 0 bridgehead atoms. The summed E-state index contributed by atoms with van der Waals surface area (Å²) in [4.78, 5) is 13.9. The minimum absolute atomic E-state index is 0.0171. The SMILES string of the molecule is CC(C)(N)C(N)=NCCC(=O)O. The molecule has 0 saturated carbocycles. The molecule has 70 valence electrons. The Morgan fingerprint density at radius 2 is 2.08 bits per heavy atom. The Morgan fingerprint density at radius 1 is 1.58 bits per heavy atom. The fourth-order valence-electron chi connectivity index (χ4n) is 0.476. The second-order valence-corrected chi connectivity index (χ2v) is 3.13. The molecule has 0 heterocycles. The van der Waals surface area contributed by atoms with E-state index in [2.05, 4.69) is 4.99 Å². The monoisotopic (exact) mass is 173 g/mol. The van der Waals surface area contributed by atoms with Crippen LogP contribution >= 0.6 is 0 Å². The van der Waals surface area contributed by atoms with Gasteiger partial charge < -0.3 is 16.6 Å². The molecule has 0 aliphatic rings. The number of carboxylic acid groups (broad SMARTS) is 1. The number of carbonyl (C=O) groups is 1. The molecule has 5 heteroatoms. The van der Waals surface area contributed by atoms with Crippen molar-refractivity contribution in [2.75, 3.05) is 6.54 Å². The van der Waals surface area contributed by atoms with Crippen molar-refractivity contribution in [1.29, 1.82) is 0 Å². The molecule has 0 radical (unpaired) electrons. The number of rotatable bonds is 4. The Hall–Kier alpha value is -1.10. The number of hydrogen-bond donors (Lipinski definition) is 3. The lowest BCUT2D eigenvalue weighted by atomic mass is 10.1. The fraction of sp³-hybridized carbons (Fsp3) is 0.714. The highest BCUT2D eigenvalue weighted by molar-refractivity contribution is 5.89. The van der Waals surface area contributed by atoms with E-state index in [9.17, 15) is 4.79 Å². The Bertz CT molecular complexity index is 193. The molecular formula is C7H15N3O2. The molecule has 0 unspecified atom stereocenters. The number of carboxylic acids is 1. The van der Waals surface area contributed by atoms with E-state index in [1.54, 1.807) is 13.8 Å². The molecule has 0 rings (SSSR count). The molecular weight excluding hydrogens is 158 g/mol. The second-order valence-electron chi connectivity index (χ2n) is 3.13. The quantitative estimate of drug-likeness (QED) is 0.396. The van der Waals surface area contributed by atoms with Crippen molar-refractivity contribution in [2.24, 2.45) is 16.5 Å². The summed E-state index contributed by atoms with van der Waals surface area (Å²) in [6.07, 6.45) is -0.0171. The third-order valence-corrected chi connectivity index (χ3v) is 1.27. The van der Waals surface area contributed by atoms with Crippen molar-refractivity contribution in [3.63, 3.8) is 0 Å². The lowest BCUT2D eigenvalue weighted by Crippen LogP contribution is -2.46. The number of hydrogen-bond acceptors (Lipinski definition) is 3. The van der Waals surface area contributed by atoms with Gasteiger partial charge in [0, 0.05) is 0 Å². The van der Waals surface area contributed by atoms with Crippen LogP contribution in [0, 0.1) is 0 Å². The van der Waals surface area contributed by atoms with Crippen LogP contribution in [0.4, 0.5) is 0 Å². The maximum Gasteiger partial charge on any atom is 0.305 e. The molecule has 0 aromatic rings. The first-order valence-electron chi connectivity index (χ1n) is 3.65. The van der Waals surface area contributed by atoms with E-state index in [1.165, 1.54) is 0 Å². The zero-order valence-electron chi connectivity index (χ0n) is 7.37. The first-order chi connectivity index (χ1) is 5.34. The Balaban J connectivity index is 3.94. The lowest BCUT2D eigenvalue weighted by Gasteiger charge is -2.17. The largest absolute Gasteiger partial charge is 0.481 e. The van der Waals surface area contributed by atoms with Gasteiger partial charge in [0.25, 0.3) is 0 Å². The maximum absolute atomic E-state index is 10.1. The summed E-state index contributed by atoms with van der Waals surface area (Å²) in [6.45, 7) is 3.61. The maximum atomic E-state index is 10.1. The highest BCUT2D eigenvalue weighted by Crippen LogP contribution is 1.96. The van der Waals surface area contributed by atoms with Crippen LogP contribution < -0.4 is 11.5 Å². The van der Waals surface area contributed by atoms with Gasteiger partial charge >= 0.3 is 5.97 Å². The molecule has 0 aromatic carbocycles. The van der Waals surface area contributed by atoms with E-state index >= 15 is 0 Å². The summed E-state index contributed by atoms with van der Waals surface area (Å²) < 4.78 is 0. The summed E-state index contributed by atoms with van der Waals surface area (Å²) >= 11 is 0. The van der Waals surface area contributed by atoms with Gasteiger partial charge in [-0.05, 0) is 13.8 Å². The zero-order chi connectivity index (χ0) is 9.78. The zero-order valence-corrected chi connectivity index (χ0v) is 7.37. The van der Waals surface area contributed by atoms with Crippen LogP contribution in [0.2, 0.25) is 0 Å². The molecule has 0 fully saturated rings. The van der Waals surface area contributed by atoms with Gasteiger partial charge in [-0.3, -0.25) is 9.79 Å². The van der Waals surface area contributed by atoms with Crippen LogP contribution in [0.5, 0.6) is 0 Å². The first-order valence-corrected chi connectivity index (χ1v) is 3.65. The molecule has 5 N–H and O–H groups in total. The van der Waals surface area contributed by atoms with E-state index in [-0.39, 0.29) is 18.8 Å². The average molecular weight is 173 g/mol. The van der Waals surface area contributed by atoms with Crippen LogP contribution in [-0.2, 0) is 4.79 Å². The molecule has 0 saturated heterocycles. The van der Waals surface area contributed by atoms with Gasteiger partial charge in [0.05, 0.1) is 18.5 Å². The van der Waals surface area contributed by atoms with Gasteiger partial charge in [-0.25, -0.2) is 0 Å². The normalized spacial score (nSPS) is 13.1. The number of amidine groups is 1. The van der Waals surface area contributed by atoms with Crippen LogP contribution in [0.15, 0.2) is 4.99 Å². The molecule has 0 aromatic heterocycles. The van der Waals surface area contributed by atoms with Gasteiger partial charge in [-0.2, -0.15) is 0 Å². The van der Waals surface area contributed by atoms with Crippen molar-refractivity contribution in [1.82, 2.24) is 0 Å². The molecule has 0 atom stereocenters. The predicted octanol–water partition coefficient (Wildman–Crippen LogP) is -0.444. The highest BCUT2D eigenvalue weighted by atomic mass is 16.4. The summed E-state index contributed by atoms with van der Waals surface area (Å²) in [7, 11) is 0. The fourth-order valence-corrected chi connectivity index (χ4v) is 0.476. The number of aliphatic carboxylic acids is 1. The van der Waals surface area contributed by atoms with Crippen molar-refractivity contribution in [2.45, 2.75) is 25.8 Å². The van der Waals surface area contributed by atoms with Crippen LogP contribution in [-0.4, -0.2) is 29.0 Å². The predicted molar refractivity (Wildman–Crippen MR) is 47.0 cm³/mol. The van der Waals surface area contributed by atoms with Gasteiger partial charge in [0.15, 0.2) is 0 Å². The number of nitrogens with two attached hydrogens (primary N) is 2. The lowest BCUT2D eigenvalue weighted by molar-refractivity contribution is -0.136. The van der Waals surface area contributed by atoms with Crippen molar-refractivity contribution < 1.29 is 9.90 Å². The smallest absolute Gasteiger partial charge is 0.305 e. The topological polar surface area (TPSA) is 102 Å². The van der Waals surface area contributed by atoms with Crippen LogP contribution in [0.25, 0.3) is 0 Å². The minimum Gasteiger partial charge on any atom is -0.481 e. The minimum atomic E-state index is -0.888. The highest BCUT2D eigenvalue weighted by Gasteiger charge is 2.15. The van der Waals surface area contributed by atoms with Gasteiger partial charge in [-0.15, -0.1) is 0 Å². The molecule has 0 aliphatic carbocycles. The number of aliphatic imine (C=N–C) groups is 1. The van der Waals surface area contributed by atoms with E-state index in [0.29, 0.717) is 0 Å². The molecule has 12 heavy (non-hydrogen) atoms. The number of nitrogens with zero attached hydrogens (tertiary/aromatic N) is 1. The van der Waals surface area contributed by atoms with Crippen LogP contribution in [0.3, 0.4) is 0 Å². The van der Waals surface area contributed by atoms with E-state index in [1.807, 2.05) is 0 Å². The third-order valence-electron chi connectivity index (χ3n) is 1.27. The Morgan fingerprint density at radius 3 is 2.42 bits per heavy atom. The molecule has 0 spiro atoms. The summed E-state index contributed by atoms with van der Waals surface area (Å²) in [6, 6.07) is 0. The molecule has 0 amide bonds. The Labute approximate surface area is 71.5 Å². The second kappa shape index (κ2) is 4.06. The Kier molecular flexibility index (Phi) is 3.69. The molecule has 5 nitrogen and oxygen atoms in total. The van der Waals surface area contributed by atoms with Crippen molar-refractivity contribution >= 4 is 11.8 Å². The summed E-state index contributed by atoms with van der Waals surface area (Å²) in [5.74, 6) is -0.606. The molecule has 0 aliphatic heterocycles. The van der Waals surface area contributed by atoms with Gasteiger partial charge in [0.2, 0.25) is 0 Å². The van der Waals surface area contributed by atoms with Crippen molar-refractivity contribution in [3.8, 4) is 0 Å². The van der Waals surface area contributed by atoms with E-state index < -0.39 is 11.5 Å². The summed E-state index contributed by atoms with van der Waals surface area (Å²) in [5.41, 5.74) is 10.4. The van der Waals surface area contributed by atoms with Gasteiger partial charge in [-0.1, -0.05) is 0 Å². The average Bonchev–Trinajstić information content (AvgIpc) is 1.84. The van der Waals surface area contributed by atoms with Crippen molar-refractivity contribution in [3.05, 3.63) is 0 Å². The van der Waals surface area contributed by atoms with E-state index in [0.717, 1.165) is 0 Å². The summed E-state index contributed by atoms with van der Waals surface area (Å²) in [5, 5.41) is 8.29. The third kappa shape index (κ3) is 4.68. The van der Waals surface area contributed by atoms with Crippen LogP contribution in [0.1, 0.15) is 20.3 Å². The van der Waals surface area contributed by atoms with Gasteiger partial charge in [0.1, 0.15) is 5.84 Å². The first kappa shape index (κ1) is 10.9. The standard InChI is InChI=1S/C7H15N3O2/c1-7(2,9)6(8)10-4-3-5(11)12/h3-4,9H2,1-2H3,(H2,8,10)(H,11,12). The van der Waals surface area contributed by atoms with E-state index in [4.69, 9.17) is 16.6 Å².